The van der Waals surface area contributed by atoms with Crippen LogP contribution in [-0.4, -0.2) is 35.4 Å². The third-order valence-electron chi connectivity index (χ3n) is 3.25. The maximum atomic E-state index is 12.0. The molecule has 0 bridgehead atoms. The number of nitrogens with zero attached hydrogens (tertiary/aromatic N) is 1. The Morgan fingerprint density at radius 3 is 2.47 bits per heavy atom. The van der Waals surface area contributed by atoms with E-state index in [-0.39, 0.29) is 30.8 Å². The number of hydrogen-bond acceptors (Lipinski definition) is 4. The van der Waals surface area contributed by atoms with E-state index in [0.29, 0.717) is 0 Å². The van der Waals surface area contributed by atoms with Crippen molar-refractivity contribution in [1.29, 1.82) is 0 Å². The van der Waals surface area contributed by atoms with Crippen molar-refractivity contribution in [1.82, 2.24) is 10.6 Å². The van der Waals surface area contributed by atoms with Crippen LogP contribution >= 0.6 is 0 Å². The van der Waals surface area contributed by atoms with E-state index in [2.05, 4.69) is 10.6 Å². The van der Waals surface area contributed by atoms with Crippen molar-refractivity contribution in [2.75, 3.05) is 6.54 Å². The molecule has 1 saturated carbocycles. The van der Waals surface area contributed by atoms with Crippen LogP contribution in [0.1, 0.15) is 45.4 Å². The molecule has 2 amide bonds. The Morgan fingerprint density at radius 1 is 1.32 bits per heavy atom. The lowest BCUT2D eigenvalue weighted by Crippen LogP contribution is -2.50. The molecule has 7 heteroatoms. The van der Waals surface area contributed by atoms with Gasteiger partial charge in [0.1, 0.15) is 6.04 Å². The van der Waals surface area contributed by atoms with Crippen molar-refractivity contribution >= 4 is 11.8 Å². The molecule has 1 rings (SSSR count). The predicted molar refractivity (Wildman–Crippen MR) is 69.1 cm³/mol. The zero-order valence-electron chi connectivity index (χ0n) is 11.2. The predicted octanol–water partition coefficient (Wildman–Crippen LogP) is 0.607. The summed E-state index contributed by atoms with van der Waals surface area (Å²) in [5.74, 6) is -0.670. The number of carbonyl (C=O) groups excluding carboxylic acids is 2. The SMILES string of the molecule is CC(=O)NC(CC[N+](=O)[O-])C(=O)NC1CCCCC1. The van der Waals surface area contributed by atoms with Gasteiger partial charge in [0.25, 0.3) is 0 Å². The van der Waals surface area contributed by atoms with E-state index in [1.165, 1.54) is 13.3 Å². The largest absolute Gasteiger partial charge is 0.352 e. The summed E-state index contributed by atoms with van der Waals surface area (Å²) >= 11 is 0. The van der Waals surface area contributed by atoms with Crippen LogP contribution in [0.5, 0.6) is 0 Å². The monoisotopic (exact) mass is 271 g/mol. The highest BCUT2D eigenvalue weighted by atomic mass is 16.6. The van der Waals surface area contributed by atoms with Crippen molar-refractivity contribution < 1.29 is 14.5 Å². The molecule has 0 saturated heterocycles. The molecule has 7 nitrogen and oxygen atoms in total. The minimum atomic E-state index is -0.815. The molecule has 0 radical (unpaired) electrons. The Balaban J connectivity index is 2.48. The Morgan fingerprint density at radius 2 is 1.95 bits per heavy atom. The minimum Gasteiger partial charge on any atom is -0.352 e. The summed E-state index contributed by atoms with van der Waals surface area (Å²) in [6.45, 7) is 0.968. The smallest absolute Gasteiger partial charge is 0.243 e. The van der Waals surface area contributed by atoms with Gasteiger partial charge < -0.3 is 10.6 Å². The molecule has 0 spiro atoms. The van der Waals surface area contributed by atoms with Crippen molar-refractivity contribution in [3.8, 4) is 0 Å². The van der Waals surface area contributed by atoms with Gasteiger partial charge in [-0.25, -0.2) is 0 Å². The fourth-order valence-electron chi connectivity index (χ4n) is 2.30. The summed E-state index contributed by atoms with van der Waals surface area (Å²) in [5.41, 5.74) is 0. The molecule has 108 valence electrons. The van der Waals surface area contributed by atoms with Crippen LogP contribution in [0.4, 0.5) is 0 Å². The second-order valence-corrected chi connectivity index (χ2v) is 4.94. The minimum absolute atomic E-state index is 0.0190. The van der Waals surface area contributed by atoms with Gasteiger partial charge in [-0.1, -0.05) is 19.3 Å². The Labute approximate surface area is 112 Å². The molecule has 0 aromatic carbocycles. The van der Waals surface area contributed by atoms with Crippen molar-refractivity contribution in [3.05, 3.63) is 10.1 Å². The van der Waals surface area contributed by atoms with Gasteiger partial charge in [0.2, 0.25) is 18.4 Å². The summed E-state index contributed by atoms with van der Waals surface area (Å²) < 4.78 is 0. The van der Waals surface area contributed by atoms with Crippen LogP contribution < -0.4 is 10.6 Å². The van der Waals surface area contributed by atoms with E-state index >= 15 is 0 Å². The van der Waals surface area contributed by atoms with Crippen LogP contribution in [-0.2, 0) is 9.59 Å². The molecule has 0 heterocycles. The fraction of sp³-hybridized carbons (Fsp3) is 0.833. The van der Waals surface area contributed by atoms with E-state index in [9.17, 15) is 19.7 Å². The molecule has 0 aromatic heterocycles. The summed E-state index contributed by atoms with van der Waals surface area (Å²) in [6.07, 6.45) is 5.25. The summed E-state index contributed by atoms with van der Waals surface area (Å²) in [7, 11) is 0. The maximum absolute atomic E-state index is 12.0. The Hall–Kier alpha value is -1.66. The van der Waals surface area contributed by atoms with Crippen LogP contribution in [0.2, 0.25) is 0 Å². The van der Waals surface area contributed by atoms with Gasteiger partial charge in [-0.05, 0) is 12.8 Å². The zero-order valence-corrected chi connectivity index (χ0v) is 11.2. The average molecular weight is 271 g/mol. The van der Waals surface area contributed by atoms with Crippen LogP contribution in [0.3, 0.4) is 0 Å². The first kappa shape index (κ1) is 15.4. The number of carbonyl (C=O) groups is 2. The molecule has 1 unspecified atom stereocenters. The third-order valence-corrected chi connectivity index (χ3v) is 3.25. The molecule has 1 atom stereocenters. The molecule has 0 aliphatic heterocycles. The quantitative estimate of drug-likeness (QED) is 0.545. The van der Waals surface area contributed by atoms with E-state index in [4.69, 9.17) is 0 Å². The molecule has 1 aliphatic rings. The molecule has 1 fully saturated rings. The fourth-order valence-corrected chi connectivity index (χ4v) is 2.30. The highest BCUT2D eigenvalue weighted by molar-refractivity contribution is 5.86. The van der Waals surface area contributed by atoms with Gasteiger partial charge >= 0.3 is 0 Å². The number of amides is 2. The molecule has 2 N–H and O–H groups in total. The molecule has 1 aliphatic carbocycles. The number of nitrogens with one attached hydrogen (secondary N) is 2. The van der Waals surface area contributed by atoms with Crippen LogP contribution in [0.25, 0.3) is 0 Å². The van der Waals surface area contributed by atoms with Crippen molar-refractivity contribution in [2.24, 2.45) is 0 Å². The van der Waals surface area contributed by atoms with Gasteiger partial charge in [0.15, 0.2) is 0 Å². The van der Waals surface area contributed by atoms with Gasteiger partial charge in [-0.3, -0.25) is 19.7 Å². The lowest BCUT2D eigenvalue weighted by atomic mass is 9.95. The van der Waals surface area contributed by atoms with Crippen molar-refractivity contribution in [2.45, 2.75) is 57.5 Å². The summed E-state index contributed by atoms with van der Waals surface area (Å²) in [5, 5.41) is 15.7. The highest BCUT2D eigenvalue weighted by Gasteiger charge is 2.24. The van der Waals surface area contributed by atoms with Crippen LogP contribution in [0.15, 0.2) is 0 Å². The average Bonchev–Trinajstić information content (AvgIpc) is 2.35. The first-order chi connectivity index (χ1) is 8.99. The second-order valence-electron chi connectivity index (χ2n) is 4.94. The van der Waals surface area contributed by atoms with E-state index < -0.39 is 11.0 Å². The second kappa shape index (κ2) is 7.70. The molecule has 19 heavy (non-hydrogen) atoms. The van der Waals surface area contributed by atoms with E-state index in [1.807, 2.05) is 0 Å². The number of rotatable bonds is 6. The topological polar surface area (TPSA) is 101 Å². The lowest BCUT2D eigenvalue weighted by molar-refractivity contribution is -0.480. The molecular weight excluding hydrogens is 250 g/mol. The first-order valence-corrected chi connectivity index (χ1v) is 6.68. The van der Waals surface area contributed by atoms with Gasteiger partial charge in [-0.15, -0.1) is 0 Å². The maximum Gasteiger partial charge on any atom is 0.243 e. The highest BCUT2D eigenvalue weighted by Crippen LogP contribution is 2.17. The summed E-state index contributed by atoms with van der Waals surface area (Å²) in [4.78, 5) is 32.9. The number of nitro groups is 1. The zero-order chi connectivity index (χ0) is 14.3. The van der Waals surface area contributed by atoms with Gasteiger partial charge in [0.05, 0.1) is 0 Å². The van der Waals surface area contributed by atoms with E-state index in [0.717, 1.165) is 25.7 Å². The normalized spacial score (nSPS) is 17.5. The number of hydrogen-bond donors (Lipinski definition) is 2. The molecular formula is C12H21N3O4. The van der Waals surface area contributed by atoms with Crippen molar-refractivity contribution in [3.63, 3.8) is 0 Å². The summed E-state index contributed by atoms with van der Waals surface area (Å²) in [6, 6.07) is -0.682. The lowest BCUT2D eigenvalue weighted by Gasteiger charge is -2.25. The van der Waals surface area contributed by atoms with Gasteiger partial charge in [-0.2, -0.15) is 0 Å². The van der Waals surface area contributed by atoms with E-state index in [1.54, 1.807) is 0 Å². The standard InChI is InChI=1S/C12H21N3O4/c1-9(16)13-11(7-8-15(18)19)12(17)14-10-5-3-2-4-6-10/h10-11H,2-8H2,1H3,(H,13,16)(H,14,17). The Kier molecular flexibility index (Phi) is 6.24. The molecule has 0 aromatic rings. The Bertz CT molecular complexity index is 340. The van der Waals surface area contributed by atoms with Crippen LogP contribution in [0, 0.1) is 10.1 Å². The third kappa shape index (κ3) is 6.17. The first-order valence-electron chi connectivity index (χ1n) is 6.68. The van der Waals surface area contributed by atoms with Gasteiger partial charge in [0, 0.05) is 24.3 Å².